The maximum absolute atomic E-state index is 4.27. The summed E-state index contributed by atoms with van der Waals surface area (Å²) < 4.78 is 2.47. The van der Waals surface area contributed by atoms with Crippen LogP contribution in [-0.2, 0) is 5.41 Å². The number of hydrogen-bond acceptors (Lipinski definition) is 1. The van der Waals surface area contributed by atoms with Gasteiger partial charge in [0.05, 0.1) is 22.4 Å². The zero-order valence-electron chi connectivity index (χ0n) is 32.0. The average Bonchev–Trinajstić information content (AvgIpc) is 3.67. The number of para-hydroxylation sites is 2. The van der Waals surface area contributed by atoms with E-state index in [9.17, 15) is 0 Å². The molecule has 1 heterocycles. The lowest BCUT2D eigenvalue weighted by Crippen LogP contribution is -2.15. The first-order valence-electron chi connectivity index (χ1n) is 19.5. The first-order valence-corrected chi connectivity index (χ1v) is 19.5. The number of hydrogen-bond donors (Lipinski definition) is 0. The molecule has 0 atom stereocenters. The number of allylic oxidation sites excluding steroid dienone is 3. The van der Waals surface area contributed by atoms with E-state index in [4.69, 9.17) is 0 Å². The molecular weight excluding hydrogens is 677 g/mol. The van der Waals surface area contributed by atoms with Crippen molar-refractivity contribution in [3.05, 3.63) is 211 Å². The highest BCUT2D eigenvalue weighted by molar-refractivity contribution is 6.25. The Balaban J connectivity index is 1.32. The third-order valence-corrected chi connectivity index (χ3v) is 12.1. The predicted octanol–water partition coefficient (Wildman–Crippen LogP) is 15.0. The van der Waals surface area contributed by atoms with Crippen LogP contribution in [0.3, 0.4) is 0 Å². The Morgan fingerprint density at radius 1 is 0.518 bits per heavy atom. The Bertz CT molecular complexity index is 2980. The molecule has 0 aliphatic heterocycles. The minimum atomic E-state index is -0.103. The lowest BCUT2D eigenvalue weighted by atomic mass is 9.81. The molecule has 1 aromatic heterocycles. The van der Waals surface area contributed by atoms with Crippen LogP contribution in [0.1, 0.15) is 31.9 Å². The third kappa shape index (κ3) is 5.17. The van der Waals surface area contributed by atoms with E-state index in [1.165, 1.54) is 77.1 Å². The molecule has 0 saturated carbocycles. The molecule has 2 nitrogen and oxygen atoms in total. The van der Waals surface area contributed by atoms with Crippen molar-refractivity contribution >= 4 is 55.2 Å². The van der Waals surface area contributed by atoms with Gasteiger partial charge in [-0.1, -0.05) is 166 Å². The van der Waals surface area contributed by atoms with Gasteiger partial charge in [-0.15, -0.1) is 0 Å². The summed E-state index contributed by atoms with van der Waals surface area (Å²) in [7, 11) is 0. The maximum atomic E-state index is 4.27. The van der Waals surface area contributed by atoms with Crippen molar-refractivity contribution in [3.8, 4) is 27.9 Å². The Hall–Kier alpha value is -6.90. The summed E-state index contributed by atoms with van der Waals surface area (Å²) in [6, 6.07) is 66.4. The third-order valence-electron chi connectivity index (χ3n) is 12.1. The smallest absolute Gasteiger partial charge is 0.0568 e. The Kier molecular flexibility index (Phi) is 7.90. The van der Waals surface area contributed by atoms with Gasteiger partial charge in [-0.3, -0.25) is 0 Å². The van der Waals surface area contributed by atoms with Crippen LogP contribution in [0.2, 0.25) is 0 Å². The van der Waals surface area contributed by atoms with Crippen LogP contribution in [0.5, 0.6) is 0 Å². The summed E-state index contributed by atoms with van der Waals surface area (Å²) in [6.45, 7) is 11.2. The highest BCUT2D eigenvalue weighted by Crippen LogP contribution is 2.52. The molecule has 0 radical (unpaired) electrons. The molecule has 1 aliphatic rings. The summed E-state index contributed by atoms with van der Waals surface area (Å²) in [5.74, 6) is 0. The van der Waals surface area contributed by atoms with Crippen LogP contribution in [0.4, 0.5) is 17.1 Å². The van der Waals surface area contributed by atoms with Crippen molar-refractivity contribution in [2.45, 2.75) is 26.2 Å². The SMILES string of the molecule is C=CC1=C(C)C(C)(C)c2cc3c4c5ccccc5c(N(c5ccc(-c6ccccc6)cc5)c5ccccc5-c5ccccc5)cc4n(-c4ccccc4)c3cc21. The lowest BCUT2D eigenvalue weighted by molar-refractivity contribution is 0.640. The zero-order valence-corrected chi connectivity index (χ0v) is 32.0. The van der Waals surface area contributed by atoms with E-state index in [-0.39, 0.29) is 5.41 Å². The van der Waals surface area contributed by atoms with Gasteiger partial charge in [0.1, 0.15) is 0 Å². The molecule has 0 spiro atoms. The van der Waals surface area contributed by atoms with Crippen LogP contribution in [0, 0.1) is 0 Å². The number of nitrogens with zero attached hydrogens (tertiary/aromatic N) is 2. The molecule has 56 heavy (non-hydrogen) atoms. The Labute approximate surface area is 328 Å². The van der Waals surface area contributed by atoms with Crippen LogP contribution in [-0.4, -0.2) is 4.57 Å². The highest BCUT2D eigenvalue weighted by atomic mass is 15.1. The summed E-state index contributed by atoms with van der Waals surface area (Å²) in [6.07, 6.45) is 2.04. The number of fused-ring (bicyclic) bond motifs is 6. The van der Waals surface area contributed by atoms with Gasteiger partial charge in [0.15, 0.2) is 0 Å². The van der Waals surface area contributed by atoms with Crippen molar-refractivity contribution in [3.63, 3.8) is 0 Å². The summed E-state index contributed by atoms with van der Waals surface area (Å²) in [5.41, 5.74) is 16.7. The maximum Gasteiger partial charge on any atom is 0.0568 e. The molecule has 2 heteroatoms. The van der Waals surface area contributed by atoms with E-state index >= 15 is 0 Å². The summed E-state index contributed by atoms with van der Waals surface area (Å²) in [4.78, 5) is 2.47. The second-order valence-corrected chi connectivity index (χ2v) is 15.4. The van der Waals surface area contributed by atoms with Gasteiger partial charge in [-0.05, 0) is 94.2 Å². The highest BCUT2D eigenvalue weighted by Gasteiger charge is 2.35. The normalized spacial score (nSPS) is 13.4. The van der Waals surface area contributed by atoms with E-state index in [1.54, 1.807) is 0 Å². The van der Waals surface area contributed by atoms with Gasteiger partial charge < -0.3 is 9.47 Å². The number of benzene rings is 8. The molecule has 0 saturated heterocycles. The topological polar surface area (TPSA) is 8.17 Å². The summed E-state index contributed by atoms with van der Waals surface area (Å²) >= 11 is 0. The number of rotatable bonds is 7. The van der Waals surface area contributed by atoms with Crippen molar-refractivity contribution in [2.24, 2.45) is 0 Å². The van der Waals surface area contributed by atoms with Crippen molar-refractivity contribution in [1.82, 2.24) is 4.57 Å². The van der Waals surface area contributed by atoms with Gasteiger partial charge in [0.25, 0.3) is 0 Å². The van der Waals surface area contributed by atoms with Crippen LogP contribution >= 0.6 is 0 Å². The number of anilines is 3. The molecule has 8 aromatic carbocycles. The molecule has 0 amide bonds. The molecule has 0 unspecified atom stereocenters. The molecule has 10 rings (SSSR count). The number of aromatic nitrogens is 1. The van der Waals surface area contributed by atoms with E-state index < -0.39 is 0 Å². The van der Waals surface area contributed by atoms with E-state index in [2.05, 4.69) is 219 Å². The molecule has 9 aromatic rings. The quantitative estimate of drug-likeness (QED) is 0.159. The van der Waals surface area contributed by atoms with Gasteiger partial charge in [0.2, 0.25) is 0 Å². The fourth-order valence-corrected chi connectivity index (χ4v) is 9.06. The molecular formula is C54H42N2. The van der Waals surface area contributed by atoms with E-state index in [0.29, 0.717) is 0 Å². The second-order valence-electron chi connectivity index (χ2n) is 15.4. The first-order chi connectivity index (χ1) is 27.4. The van der Waals surface area contributed by atoms with Crippen molar-refractivity contribution in [2.75, 3.05) is 4.90 Å². The minimum absolute atomic E-state index is 0.103. The minimum Gasteiger partial charge on any atom is -0.309 e. The van der Waals surface area contributed by atoms with Crippen LogP contribution in [0.25, 0.3) is 66.1 Å². The first kappa shape index (κ1) is 33.7. The van der Waals surface area contributed by atoms with Crippen molar-refractivity contribution < 1.29 is 0 Å². The van der Waals surface area contributed by atoms with Crippen LogP contribution in [0.15, 0.2) is 200 Å². The average molecular weight is 719 g/mol. The van der Waals surface area contributed by atoms with Gasteiger partial charge in [-0.2, -0.15) is 0 Å². The van der Waals surface area contributed by atoms with Crippen molar-refractivity contribution in [1.29, 1.82) is 0 Å². The zero-order chi connectivity index (χ0) is 38.0. The Morgan fingerprint density at radius 3 is 1.80 bits per heavy atom. The molecule has 1 aliphatic carbocycles. The molecule has 0 bridgehead atoms. The van der Waals surface area contributed by atoms with E-state index in [1.807, 2.05) is 6.08 Å². The lowest BCUT2D eigenvalue weighted by Gasteiger charge is -2.29. The van der Waals surface area contributed by atoms with Gasteiger partial charge >= 0.3 is 0 Å². The van der Waals surface area contributed by atoms with E-state index in [0.717, 1.165) is 22.7 Å². The standard InChI is InChI=1S/C54H42N2/c1-5-42-36(2)54(3,4)48-33-47-50(34-46(42)48)56(40-23-13-8-14-24-40)52-35-51(44-26-15-16-27-45(44)53(47)52)55(41-31-29-38(30-32-41)37-19-9-6-10-20-37)49-28-18-17-25-43(49)39-21-11-7-12-22-39/h5-35H,1H2,2-4H3. The van der Waals surface area contributed by atoms with Gasteiger partial charge in [0, 0.05) is 38.5 Å². The van der Waals surface area contributed by atoms with Gasteiger partial charge in [-0.25, -0.2) is 0 Å². The molecule has 0 fully saturated rings. The predicted molar refractivity (Wildman–Crippen MR) is 240 cm³/mol. The van der Waals surface area contributed by atoms with Crippen LogP contribution < -0.4 is 4.90 Å². The monoisotopic (exact) mass is 718 g/mol. The largest absolute Gasteiger partial charge is 0.309 e. The second kappa shape index (κ2) is 13.1. The summed E-state index contributed by atoms with van der Waals surface area (Å²) in [5, 5.41) is 4.96. The molecule has 268 valence electrons. The fourth-order valence-electron chi connectivity index (χ4n) is 9.06. The fraction of sp³-hybridized carbons (Fsp3) is 0.0741. The Morgan fingerprint density at radius 2 is 1.11 bits per heavy atom. The molecule has 0 N–H and O–H groups in total.